The first kappa shape index (κ1) is 14.7. The summed E-state index contributed by atoms with van der Waals surface area (Å²) in [5, 5.41) is 6.81. The van der Waals surface area contributed by atoms with Gasteiger partial charge in [-0.25, -0.2) is 4.68 Å². The van der Waals surface area contributed by atoms with Gasteiger partial charge in [-0.1, -0.05) is 30.0 Å². The third-order valence-corrected chi connectivity index (χ3v) is 6.95. The van der Waals surface area contributed by atoms with Gasteiger partial charge in [-0.3, -0.25) is 4.90 Å². The van der Waals surface area contributed by atoms with Gasteiger partial charge in [-0.05, 0) is 48.3 Å². The molecular formula is C13H17N3S4. The van der Waals surface area contributed by atoms with Crippen molar-refractivity contribution in [3.8, 4) is 0 Å². The van der Waals surface area contributed by atoms with Gasteiger partial charge in [0.15, 0.2) is 8.29 Å². The number of thioether (sulfide) groups is 1. The van der Waals surface area contributed by atoms with Gasteiger partial charge < -0.3 is 0 Å². The Kier molecular flexibility index (Phi) is 4.62. The van der Waals surface area contributed by atoms with Crippen molar-refractivity contribution in [2.24, 2.45) is 0 Å². The molecule has 1 atom stereocenters. The Bertz CT molecular complexity index is 642. The van der Waals surface area contributed by atoms with Crippen LogP contribution in [0.4, 0.5) is 0 Å². The van der Waals surface area contributed by atoms with Crippen LogP contribution in [0.5, 0.6) is 0 Å². The fraction of sp³-hybridized carbons (Fsp3) is 0.538. The molecule has 0 radical (unpaired) electrons. The monoisotopic (exact) mass is 343 g/mol. The van der Waals surface area contributed by atoms with Crippen molar-refractivity contribution in [1.29, 1.82) is 0 Å². The largest absolute Gasteiger partial charge is 0.277 e. The first-order valence-corrected chi connectivity index (χ1v) is 9.98. The Morgan fingerprint density at radius 3 is 3.10 bits per heavy atom. The zero-order chi connectivity index (χ0) is 14.1. The second kappa shape index (κ2) is 6.27. The predicted molar refractivity (Wildman–Crippen MR) is 90.5 cm³/mol. The third kappa shape index (κ3) is 2.74. The van der Waals surface area contributed by atoms with Crippen molar-refractivity contribution in [1.82, 2.24) is 14.7 Å². The zero-order valence-electron chi connectivity index (χ0n) is 11.5. The lowest BCUT2D eigenvalue weighted by Crippen LogP contribution is -2.36. The minimum atomic E-state index is 0.506. The van der Waals surface area contributed by atoms with Gasteiger partial charge in [0.2, 0.25) is 0 Å². The normalized spacial score (nSPS) is 19.2. The van der Waals surface area contributed by atoms with E-state index in [1.54, 1.807) is 28.0 Å². The molecule has 0 aliphatic carbocycles. The molecule has 20 heavy (non-hydrogen) atoms. The maximum absolute atomic E-state index is 5.42. The zero-order valence-corrected chi connectivity index (χ0v) is 14.8. The number of fused-ring (bicyclic) bond motifs is 1. The molecule has 0 amide bonds. The van der Waals surface area contributed by atoms with Crippen LogP contribution in [0.15, 0.2) is 15.8 Å². The second-order valence-corrected chi connectivity index (χ2v) is 8.44. The molecule has 2 aromatic heterocycles. The molecule has 0 spiro atoms. The first-order chi connectivity index (χ1) is 9.72. The van der Waals surface area contributed by atoms with E-state index in [2.05, 4.69) is 28.4 Å². The molecule has 1 aliphatic heterocycles. The first-order valence-electron chi connectivity index (χ1n) is 6.65. The number of rotatable bonds is 4. The highest BCUT2D eigenvalue weighted by Crippen LogP contribution is 2.35. The van der Waals surface area contributed by atoms with Gasteiger partial charge in [-0.2, -0.15) is 5.10 Å². The van der Waals surface area contributed by atoms with E-state index in [-0.39, 0.29) is 0 Å². The van der Waals surface area contributed by atoms with Crippen LogP contribution in [-0.4, -0.2) is 27.5 Å². The quantitative estimate of drug-likeness (QED) is 0.605. The number of aromatic nitrogens is 2. The molecule has 3 heterocycles. The molecule has 0 N–H and O–H groups in total. The Balaban J connectivity index is 1.84. The lowest BCUT2D eigenvalue weighted by atomic mass is 9.98. The van der Waals surface area contributed by atoms with Crippen molar-refractivity contribution in [3.63, 3.8) is 0 Å². The summed E-state index contributed by atoms with van der Waals surface area (Å²) in [6.07, 6.45) is 4.33. The maximum atomic E-state index is 5.42. The van der Waals surface area contributed by atoms with Crippen LogP contribution in [0.3, 0.4) is 0 Å². The van der Waals surface area contributed by atoms with Gasteiger partial charge in [0, 0.05) is 17.5 Å². The van der Waals surface area contributed by atoms with Crippen LogP contribution in [-0.2, 0) is 13.1 Å². The number of thiophene rings is 1. The van der Waals surface area contributed by atoms with E-state index in [0.717, 1.165) is 34.3 Å². The van der Waals surface area contributed by atoms with Crippen molar-refractivity contribution < 1.29 is 0 Å². The smallest absolute Gasteiger partial charge is 0.181 e. The van der Waals surface area contributed by atoms with Gasteiger partial charge in [0.1, 0.15) is 0 Å². The molecule has 0 saturated carbocycles. The highest BCUT2D eigenvalue weighted by atomic mass is 32.2. The molecule has 0 bridgehead atoms. The minimum Gasteiger partial charge on any atom is -0.277 e. The number of nitrogens with zero attached hydrogens (tertiary/aromatic N) is 3. The van der Waals surface area contributed by atoms with Crippen LogP contribution in [0.2, 0.25) is 0 Å². The third-order valence-electron chi connectivity index (χ3n) is 3.67. The predicted octanol–water partition coefficient (Wildman–Crippen LogP) is 4.42. The SMILES string of the molecule is CCC1c2ccsc2CCN1Cn1nc(SC)sc1=S. The van der Waals surface area contributed by atoms with E-state index < -0.39 is 0 Å². The summed E-state index contributed by atoms with van der Waals surface area (Å²) in [6.45, 7) is 4.17. The second-order valence-electron chi connectivity index (χ2n) is 4.76. The highest BCUT2D eigenvalue weighted by Gasteiger charge is 2.27. The van der Waals surface area contributed by atoms with E-state index in [4.69, 9.17) is 12.2 Å². The van der Waals surface area contributed by atoms with Gasteiger partial charge >= 0.3 is 0 Å². The van der Waals surface area contributed by atoms with Crippen LogP contribution < -0.4 is 0 Å². The van der Waals surface area contributed by atoms with Crippen molar-refractivity contribution in [3.05, 3.63) is 25.8 Å². The molecule has 108 valence electrons. The molecule has 3 nitrogen and oxygen atoms in total. The van der Waals surface area contributed by atoms with Crippen LogP contribution in [0.25, 0.3) is 0 Å². The Morgan fingerprint density at radius 2 is 2.40 bits per heavy atom. The summed E-state index contributed by atoms with van der Waals surface area (Å²) in [7, 11) is 0. The van der Waals surface area contributed by atoms with Crippen molar-refractivity contribution in [2.45, 2.75) is 36.8 Å². The molecule has 1 aliphatic rings. The molecule has 3 rings (SSSR count). The Hall–Kier alpha value is -0.210. The minimum absolute atomic E-state index is 0.506. The highest BCUT2D eigenvalue weighted by molar-refractivity contribution is 8.00. The van der Waals surface area contributed by atoms with Crippen LogP contribution >= 0.6 is 46.7 Å². The summed E-state index contributed by atoms with van der Waals surface area (Å²) in [5.74, 6) is 0. The van der Waals surface area contributed by atoms with Gasteiger partial charge in [0.05, 0.1) is 6.67 Å². The Morgan fingerprint density at radius 1 is 1.55 bits per heavy atom. The molecule has 2 aromatic rings. The fourth-order valence-corrected chi connectivity index (χ4v) is 5.39. The topological polar surface area (TPSA) is 21.1 Å². The fourth-order valence-electron chi connectivity index (χ4n) is 2.73. The molecule has 1 unspecified atom stereocenters. The lowest BCUT2D eigenvalue weighted by molar-refractivity contribution is 0.129. The average Bonchev–Trinajstić information content (AvgIpc) is 3.05. The van der Waals surface area contributed by atoms with E-state index in [1.165, 1.54) is 5.56 Å². The molecule has 0 aromatic carbocycles. The summed E-state index contributed by atoms with van der Waals surface area (Å²) < 4.78 is 3.91. The molecular weight excluding hydrogens is 326 g/mol. The summed E-state index contributed by atoms with van der Waals surface area (Å²) >= 11 is 10.6. The summed E-state index contributed by atoms with van der Waals surface area (Å²) in [6, 6.07) is 2.79. The molecule has 0 fully saturated rings. The van der Waals surface area contributed by atoms with E-state index in [0.29, 0.717) is 6.04 Å². The van der Waals surface area contributed by atoms with Crippen LogP contribution in [0, 0.1) is 3.95 Å². The van der Waals surface area contributed by atoms with E-state index in [1.807, 2.05) is 22.3 Å². The average molecular weight is 344 g/mol. The molecule has 0 saturated heterocycles. The van der Waals surface area contributed by atoms with Crippen molar-refractivity contribution >= 4 is 46.7 Å². The van der Waals surface area contributed by atoms with E-state index in [9.17, 15) is 0 Å². The molecule has 7 heteroatoms. The Labute approximate surface area is 136 Å². The standard InChI is InChI=1S/C13H17N3S4/c1-3-10-9-5-7-19-11(9)4-6-15(10)8-16-13(17)20-12(14-16)18-2/h5,7,10H,3-4,6,8H2,1-2H3. The van der Waals surface area contributed by atoms with Gasteiger partial charge in [0.25, 0.3) is 0 Å². The lowest BCUT2D eigenvalue weighted by Gasteiger charge is -2.35. The maximum Gasteiger partial charge on any atom is 0.181 e. The number of hydrogen-bond donors (Lipinski definition) is 0. The van der Waals surface area contributed by atoms with Gasteiger partial charge in [-0.15, -0.1) is 11.3 Å². The van der Waals surface area contributed by atoms with E-state index >= 15 is 0 Å². The summed E-state index contributed by atoms with van der Waals surface area (Å²) in [5.41, 5.74) is 1.51. The number of hydrogen-bond acceptors (Lipinski definition) is 6. The summed E-state index contributed by atoms with van der Waals surface area (Å²) in [4.78, 5) is 4.06. The van der Waals surface area contributed by atoms with Crippen LogP contribution in [0.1, 0.15) is 29.8 Å². The van der Waals surface area contributed by atoms with Crippen molar-refractivity contribution in [2.75, 3.05) is 12.8 Å².